The number of pyridine rings is 1. The van der Waals surface area contributed by atoms with E-state index in [1.54, 1.807) is 6.07 Å². The first-order valence-corrected chi connectivity index (χ1v) is 6.95. The van der Waals surface area contributed by atoms with Crippen molar-refractivity contribution in [1.82, 2.24) is 15.4 Å². The third kappa shape index (κ3) is 2.58. The summed E-state index contributed by atoms with van der Waals surface area (Å²) in [6.45, 7) is 1.80. The van der Waals surface area contributed by atoms with Crippen molar-refractivity contribution in [3.63, 3.8) is 0 Å². The first-order valence-electron chi connectivity index (χ1n) is 6.95. The molecule has 0 radical (unpaired) electrons. The predicted molar refractivity (Wildman–Crippen MR) is 79.0 cm³/mol. The maximum atomic E-state index is 12.2. The van der Waals surface area contributed by atoms with E-state index in [1.165, 1.54) is 6.42 Å². The van der Waals surface area contributed by atoms with Gasteiger partial charge in [0, 0.05) is 18.5 Å². The Morgan fingerprint density at radius 2 is 1.95 bits per heavy atom. The number of carbonyl (C=O) groups excluding carboxylic acids is 1. The number of hydrogen-bond donors (Lipinski definition) is 2. The van der Waals surface area contributed by atoms with Crippen LogP contribution in [0.1, 0.15) is 29.8 Å². The van der Waals surface area contributed by atoms with Gasteiger partial charge in [-0.3, -0.25) is 10.2 Å². The van der Waals surface area contributed by atoms with E-state index in [9.17, 15) is 4.79 Å². The van der Waals surface area contributed by atoms with Crippen LogP contribution in [0.25, 0.3) is 10.8 Å². The van der Waals surface area contributed by atoms with Crippen LogP contribution in [-0.2, 0) is 0 Å². The number of nitrogen functional groups attached to an aromatic ring is 1. The van der Waals surface area contributed by atoms with Gasteiger partial charge in [-0.25, -0.2) is 9.99 Å². The van der Waals surface area contributed by atoms with Gasteiger partial charge in [-0.1, -0.05) is 30.7 Å². The highest BCUT2D eigenvalue weighted by molar-refractivity contribution is 5.99. The summed E-state index contributed by atoms with van der Waals surface area (Å²) in [5.74, 6) is 0.205. The average molecular weight is 270 g/mol. The Balaban J connectivity index is 1.84. The number of rotatable bonds is 2. The summed E-state index contributed by atoms with van der Waals surface area (Å²) >= 11 is 0. The van der Waals surface area contributed by atoms with Crippen molar-refractivity contribution in [2.75, 3.05) is 18.8 Å². The van der Waals surface area contributed by atoms with Crippen LogP contribution >= 0.6 is 0 Å². The number of benzene rings is 1. The van der Waals surface area contributed by atoms with Gasteiger partial charge in [0.1, 0.15) is 11.5 Å². The number of amides is 1. The van der Waals surface area contributed by atoms with Crippen LogP contribution in [-0.4, -0.2) is 29.0 Å². The van der Waals surface area contributed by atoms with Gasteiger partial charge < -0.3 is 5.73 Å². The van der Waals surface area contributed by atoms with Gasteiger partial charge in [0.25, 0.3) is 5.91 Å². The molecule has 0 saturated carbocycles. The van der Waals surface area contributed by atoms with Gasteiger partial charge >= 0.3 is 0 Å². The number of carbonyl (C=O) groups is 1. The van der Waals surface area contributed by atoms with Crippen LogP contribution in [0.4, 0.5) is 5.82 Å². The maximum absolute atomic E-state index is 12.2. The number of nitrogens with two attached hydrogens (primary N) is 1. The Bertz CT molecular complexity index is 635. The first kappa shape index (κ1) is 12.9. The Labute approximate surface area is 117 Å². The summed E-state index contributed by atoms with van der Waals surface area (Å²) in [5.41, 5.74) is 9.19. The second-order valence-corrected chi connectivity index (χ2v) is 5.10. The number of anilines is 1. The monoisotopic (exact) mass is 270 g/mol. The van der Waals surface area contributed by atoms with Crippen LogP contribution in [0.5, 0.6) is 0 Å². The van der Waals surface area contributed by atoms with Crippen LogP contribution in [0.3, 0.4) is 0 Å². The highest BCUT2D eigenvalue weighted by atomic mass is 16.2. The van der Waals surface area contributed by atoms with Gasteiger partial charge in [-0.15, -0.1) is 0 Å². The SMILES string of the molecule is Nc1nc(C(=O)NN2CCCCC2)cc2ccccc12. The predicted octanol–water partition coefficient (Wildman–Crippen LogP) is 1.95. The molecule has 1 fully saturated rings. The molecular formula is C15H18N4O. The highest BCUT2D eigenvalue weighted by Crippen LogP contribution is 2.20. The molecule has 1 amide bonds. The molecule has 104 valence electrons. The quantitative estimate of drug-likeness (QED) is 0.875. The minimum Gasteiger partial charge on any atom is -0.383 e. The molecule has 1 aromatic carbocycles. The number of hydrazine groups is 1. The summed E-state index contributed by atoms with van der Waals surface area (Å²) in [5, 5.41) is 3.77. The van der Waals surface area contributed by atoms with Crippen molar-refractivity contribution in [1.29, 1.82) is 0 Å². The minimum atomic E-state index is -0.190. The van der Waals surface area contributed by atoms with Crippen molar-refractivity contribution >= 4 is 22.5 Å². The highest BCUT2D eigenvalue weighted by Gasteiger charge is 2.16. The van der Waals surface area contributed by atoms with Crippen molar-refractivity contribution in [3.05, 3.63) is 36.0 Å². The molecule has 0 spiro atoms. The molecule has 0 aliphatic carbocycles. The van der Waals surface area contributed by atoms with E-state index in [2.05, 4.69) is 10.4 Å². The van der Waals surface area contributed by atoms with Crippen LogP contribution in [0.15, 0.2) is 30.3 Å². The standard InChI is InChI=1S/C15H18N4O/c16-14-12-7-3-2-6-11(12)10-13(17-14)15(20)18-19-8-4-1-5-9-19/h2-3,6-7,10H,1,4-5,8-9H2,(H2,16,17)(H,18,20). The maximum Gasteiger partial charge on any atom is 0.284 e. The fourth-order valence-electron chi connectivity index (χ4n) is 2.55. The molecule has 0 atom stereocenters. The van der Waals surface area contributed by atoms with Gasteiger partial charge in [-0.2, -0.15) is 0 Å². The van der Waals surface area contributed by atoms with Gasteiger partial charge in [-0.05, 0) is 24.3 Å². The van der Waals surface area contributed by atoms with Gasteiger partial charge in [0.2, 0.25) is 0 Å². The third-order valence-electron chi connectivity index (χ3n) is 3.62. The molecule has 1 aliphatic rings. The number of nitrogens with zero attached hydrogens (tertiary/aromatic N) is 2. The summed E-state index contributed by atoms with van der Waals surface area (Å²) < 4.78 is 0. The Hall–Kier alpha value is -2.14. The van der Waals surface area contributed by atoms with E-state index in [4.69, 9.17) is 5.73 Å². The lowest BCUT2D eigenvalue weighted by Gasteiger charge is -2.26. The Morgan fingerprint density at radius 1 is 1.20 bits per heavy atom. The fourth-order valence-corrected chi connectivity index (χ4v) is 2.55. The molecule has 1 saturated heterocycles. The molecule has 2 aromatic rings. The zero-order chi connectivity index (χ0) is 13.9. The third-order valence-corrected chi connectivity index (χ3v) is 3.62. The van der Waals surface area contributed by atoms with Crippen molar-refractivity contribution in [2.45, 2.75) is 19.3 Å². The summed E-state index contributed by atoms with van der Waals surface area (Å²) in [4.78, 5) is 16.4. The Kier molecular flexibility index (Phi) is 3.52. The summed E-state index contributed by atoms with van der Waals surface area (Å²) in [6, 6.07) is 9.46. The molecule has 5 heteroatoms. The lowest BCUT2D eigenvalue weighted by molar-refractivity contribution is 0.0745. The number of fused-ring (bicyclic) bond motifs is 1. The van der Waals surface area contributed by atoms with Gasteiger partial charge in [0.05, 0.1) is 0 Å². The molecule has 20 heavy (non-hydrogen) atoms. The molecular weight excluding hydrogens is 252 g/mol. The molecule has 5 nitrogen and oxygen atoms in total. The Morgan fingerprint density at radius 3 is 2.75 bits per heavy atom. The molecule has 1 aliphatic heterocycles. The van der Waals surface area contributed by atoms with Crippen molar-refractivity contribution < 1.29 is 4.79 Å². The van der Waals surface area contributed by atoms with E-state index in [1.807, 2.05) is 29.3 Å². The number of piperidine rings is 1. The molecule has 0 unspecified atom stereocenters. The molecule has 3 N–H and O–H groups in total. The molecule has 3 rings (SSSR count). The topological polar surface area (TPSA) is 71.2 Å². The van der Waals surface area contributed by atoms with Crippen molar-refractivity contribution in [3.8, 4) is 0 Å². The number of nitrogens with one attached hydrogen (secondary N) is 1. The van der Waals surface area contributed by atoms with E-state index < -0.39 is 0 Å². The second kappa shape index (κ2) is 5.46. The molecule has 0 bridgehead atoms. The summed E-state index contributed by atoms with van der Waals surface area (Å²) in [6.07, 6.45) is 3.47. The van der Waals surface area contributed by atoms with E-state index in [0.717, 1.165) is 36.7 Å². The number of aromatic nitrogens is 1. The lowest BCUT2D eigenvalue weighted by Crippen LogP contribution is -2.45. The lowest BCUT2D eigenvalue weighted by atomic mass is 10.1. The smallest absolute Gasteiger partial charge is 0.284 e. The minimum absolute atomic E-state index is 0.190. The van der Waals surface area contributed by atoms with Gasteiger partial charge in [0.15, 0.2) is 0 Å². The zero-order valence-electron chi connectivity index (χ0n) is 11.3. The molecule has 1 aromatic heterocycles. The number of hydrogen-bond acceptors (Lipinski definition) is 4. The summed E-state index contributed by atoms with van der Waals surface area (Å²) in [7, 11) is 0. The average Bonchev–Trinajstić information content (AvgIpc) is 2.48. The van der Waals surface area contributed by atoms with Crippen LogP contribution < -0.4 is 11.2 Å². The van der Waals surface area contributed by atoms with Crippen LogP contribution in [0.2, 0.25) is 0 Å². The van der Waals surface area contributed by atoms with E-state index in [0.29, 0.717) is 11.5 Å². The van der Waals surface area contributed by atoms with Crippen molar-refractivity contribution in [2.24, 2.45) is 0 Å². The van der Waals surface area contributed by atoms with E-state index in [-0.39, 0.29) is 5.91 Å². The zero-order valence-corrected chi connectivity index (χ0v) is 11.3. The van der Waals surface area contributed by atoms with Crippen LogP contribution in [0, 0.1) is 0 Å². The van der Waals surface area contributed by atoms with E-state index >= 15 is 0 Å². The first-order chi connectivity index (χ1) is 9.74. The normalized spacial score (nSPS) is 16.2. The largest absolute Gasteiger partial charge is 0.383 e. The second-order valence-electron chi connectivity index (χ2n) is 5.10. The fraction of sp³-hybridized carbons (Fsp3) is 0.333. The molecule has 2 heterocycles.